The van der Waals surface area contributed by atoms with Crippen molar-refractivity contribution in [3.63, 3.8) is 0 Å². The lowest BCUT2D eigenvalue weighted by Crippen LogP contribution is -2.28. The number of fused-ring (bicyclic) bond motifs is 1. The van der Waals surface area contributed by atoms with Gasteiger partial charge in [-0.25, -0.2) is 4.98 Å². The van der Waals surface area contributed by atoms with Gasteiger partial charge in [0.05, 0.1) is 11.4 Å². The zero-order valence-electron chi connectivity index (χ0n) is 12.8. The fourth-order valence-corrected chi connectivity index (χ4v) is 3.31. The van der Waals surface area contributed by atoms with Gasteiger partial charge < -0.3 is 9.72 Å². The molecule has 0 saturated carbocycles. The molecule has 2 aromatic heterocycles. The van der Waals surface area contributed by atoms with Crippen molar-refractivity contribution in [2.45, 2.75) is 32.7 Å². The van der Waals surface area contributed by atoms with Crippen LogP contribution in [0.25, 0.3) is 5.65 Å². The van der Waals surface area contributed by atoms with E-state index >= 15 is 0 Å². The van der Waals surface area contributed by atoms with E-state index in [-0.39, 0.29) is 0 Å². The number of nitrogens with one attached hydrogen (secondary N) is 1. The van der Waals surface area contributed by atoms with Gasteiger partial charge in [0.15, 0.2) is 0 Å². The van der Waals surface area contributed by atoms with Crippen molar-refractivity contribution < 1.29 is 0 Å². The Kier molecular flexibility index (Phi) is 4.62. The van der Waals surface area contributed by atoms with Crippen molar-refractivity contribution in [3.05, 3.63) is 34.2 Å². The fourth-order valence-electron chi connectivity index (χ4n) is 2.98. The maximum absolute atomic E-state index is 4.84. The molecule has 1 N–H and O–H groups in total. The average Bonchev–Trinajstić information content (AvgIpc) is 2.63. The monoisotopic (exact) mass is 350 g/mol. The second-order valence-corrected chi connectivity index (χ2v) is 6.97. The number of hydrogen-bond acceptors (Lipinski definition) is 3. The zero-order valence-corrected chi connectivity index (χ0v) is 14.4. The van der Waals surface area contributed by atoms with Gasteiger partial charge in [-0.2, -0.15) is 0 Å². The Morgan fingerprint density at radius 3 is 2.95 bits per heavy atom. The molecule has 114 valence electrons. The highest BCUT2D eigenvalue weighted by Crippen LogP contribution is 2.24. The molecule has 0 aromatic carbocycles. The molecule has 21 heavy (non-hydrogen) atoms. The summed E-state index contributed by atoms with van der Waals surface area (Å²) >= 11 is 3.58. The van der Waals surface area contributed by atoms with Crippen molar-refractivity contribution in [3.8, 4) is 0 Å². The number of hydrogen-bond donors (Lipinski definition) is 1. The Morgan fingerprint density at radius 1 is 1.29 bits per heavy atom. The lowest BCUT2D eigenvalue weighted by atomic mass is 10.1. The Bertz CT molecular complexity index is 612. The first-order valence-corrected chi connectivity index (χ1v) is 8.54. The number of nitrogens with zero attached hydrogens (tertiary/aromatic N) is 3. The minimum Gasteiger partial charge on any atom is -0.315 e. The van der Waals surface area contributed by atoms with Gasteiger partial charge in [0, 0.05) is 30.3 Å². The third-order valence-corrected chi connectivity index (χ3v) is 4.53. The smallest absolute Gasteiger partial charge is 0.137 e. The second kappa shape index (κ2) is 6.46. The van der Waals surface area contributed by atoms with Gasteiger partial charge in [0.25, 0.3) is 0 Å². The number of pyridine rings is 1. The van der Waals surface area contributed by atoms with Crippen molar-refractivity contribution in [1.29, 1.82) is 0 Å². The van der Waals surface area contributed by atoms with Gasteiger partial charge >= 0.3 is 0 Å². The van der Waals surface area contributed by atoms with Gasteiger partial charge in [-0.1, -0.05) is 13.8 Å². The first-order chi connectivity index (χ1) is 10.1. The molecule has 1 aliphatic heterocycles. The van der Waals surface area contributed by atoms with Crippen molar-refractivity contribution >= 4 is 21.6 Å². The topological polar surface area (TPSA) is 32.6 Å². The van der Waals surface area contributed by atoms with Crippen LogP contribution in [-0.2, 0) is 6.54 Å². The summed E-state index contributed by atoms with van der Waals surface area (Å²) in [6.07, 6.45) is 3.36. The van der Waals surface area contributed by atoms with Crippen LogP contribution in [0.5, 0.6) is 0 Å². The van der Waals surface area contributed by atoms with Crippen LogP contribution in [0, 0.1) is 0 Å². The van der Waals surface area contributed by atoms with Crippen molar-refractivity contribution in [2.75, 3.05) is 26.2 Å². The highest BCUT2D eigenvalue weighted by atomic mass is 79.9. The van der Waals surface area contributed by atoms with Crippen LogP contribution < -0.4 is 5.32 Å². The van der Waals surface area contributed by atoms with E-state index in [2.05, 4.69) is 62.7 Å². The van der Waals surface area contributed by atoms with Crippen LogP contribution in [0.4, 0.5) is 0 Å². The number of imidazole rings is 1. The molecule has 1 aliphatic rings. The minimum atomic E-state index is 0.448. The lowest BCUT2D eigenvalue weighted by molar-refractivity contribution is 0.279. The summed E-state index contributed by atoms with van der Waals surface area (Å²) < 4.78 is 3.35. The van der Waals surface area contributed by atoms with E-state index in [0.717, 1.165) is 42.8 Å². The third kappa shape index (κ3) is 3.30. The molecule has 3 rings (SSSR count). The Hall–Kier alpha value is -0.910. The van der Waals surface area contributed by atoms with Crippen LogP contribution in [0.3, 0.4) is 0 Å². The van der Waals surface area contributed by atoms with Crippen molar-refractivity contribution in [2.24, 2.45) is 0 Å². The summed E-state index contributed by atoms with van der Waals surface area (Å²) in [6.45, 7) is 9.91. The molecule has 0 aliphatic carbocycles. The van der Waals surface area contributed by atoms with E-state index in [1.165, 1.54) is 17.8 Å². The number of halogens is 1. The molecule has 0 unspecified atom stereocenters. The van der Waals surface area contributed by atoms with Gasteiger partial charge in [0.2, 0.25) is 0 Å². The highest BCUT2D eigenvalue weighted by Gasteiger charge is 2.18. The summed E-state index contributed by atoms with van der Waals surface area (Å²) in [5.74, 6) is 0.448. The fraction of sp³-hybridized carbons (Fsp3) is 0.562. The second-order valence-electron chi connectivity index (χ2n) is 6.05. The van der Waals surface area contributed by atoms with E-state index < -0.39 is 0 Å². The molecule has 0 atom stereocenters. The van der Waals surface area contributed by atoms with Crippen LogP contribution in [0.1, 0.15) is 37.6 Å². The van der Waals surface area contributed by atoms with Gasteiger partial charge in [-0.15, -0.1) is 0 Å². The maximum atomic E-state index is 4.84. The Labute approximate surface area is 134 Å². The molecule has 5 heteroatoms. The highest BCUT2D eigenvalue weighted by molar-refractivity contribution is 9.10. The predicted octanol–water partition coefficient (Wildman–Crippen LogP) is 3.02. The first kappa shape index (κ1) is 15.0. The van der Waals surface area contributed by atoms with Crippen LogP contribution in [0.15, 0.2) is 22.8 Å². The van der Waals surface area contributed by atoms with Crippen LogP contribution >= 0.6 is 15.9 Å². The zero-order chi connectivity index (χ0) is 14.8. The average molecular weight is 351 g/mol. The minimum absolute atomic E-state index is 0.448. The number of aromatic nitrogens is 2. The number of rotatable bonds is 3. The summed E-state index contributed by atoms with van der Waals surface area (Å²) in [7, 11) is 0. The predicted molar refractivity (Wildman–Crippen MR) is 89.7 cm³/mol. The molecule has 1 saturated heterocycles. The Morgan fingerprint density at radius 2 is 2.14 bits per heavy atom. The largest absolute Gasteiger partial charge is 0.315 e. The normalized spacial score (nSPS) is 17.5. The van der Waals surface area contributed by atoms with E-state index in [9.17, 15) is 0 Å². The summed E-state index contributed by atoms with van der Waals surface area (Å²) in [5, 5.41) is 3.47. The van der Waals surface area contributed by atoms with Gasteiger partial charge in [-0.05, 0) is 53.5 Å². The standard InChI is InChI=1S/C16H23BrN4/c1-12(2)16-14(11-20-8-3-6-18-7-9-20)21-10-13(17)4-5-15(21)19-16/h4-5,10,12,18H,3,6-9,11H2,1-2H3. The molecule has 2 aromatic rings. The maximum Gasteiger partial charge on any atom is 0.137 e. The van der Waals surface area contributed by atoms with Gasteiger partial charge in [-0.3, -0.25) is 4.90 Å². The van der Waals surface area contributed by atoms with Gasteiger partial charge in [0.1, 0.15) is 5.65 Å². The summed E-state index contributed by atoms with van der Waals surface area (Å²) in [5.41, 5.74) is 3.61. The molecule has 0 amide bonds. The molecule has 1 fully saturated rings. The van der Waals surface area contributed by atoms with E-state index in [4.69, 9.17) is 4.98 Å². The summed E-state index contributed by atoms with van der Waals surface area (Å²) in [4.78, 5) is 7.38. The molecule has 4 nitrogen and oxygen atoms in total. The molecule has 0 bridgehead atoms. The SMILES string of the molecule is CC(C)c1nc2ccc(Br)cn2c1CN1CCCNCC1. The molecular formula is C16H23BrN4. The lowest BCUT2D eigenvalue weighted by Gasteiger charge is -2.20. The van der Waals surface area contributed by atoms with E-state index in [1.807, 2.05) is 0 Å². The molecule has 0 radical (unpaired) electrons. The molecular weight excluding hydrogens is 328 g/mol. The molecule has 3 heterocycles. The molecule has 0 spiro atoms. The quantitative estimate of drug-likeness (QED) is 0.923. The summed E-state index contributed by atoms with van der Waals surface area (Å²) in [6, 6.07) is 4.15. The van der Waals surface area contributed by atoms with E-state index in [0.29, 0.717) is 5.92 Å². The van der Waals surface area contributed by atoms with Crippen LogP contribution in [-0.4, -0.2) is 40.5 Å². The van der Waals surface area contributed by atoms with Crippen molar-refractivity contribution in [1.82, 2.24) is 19.6 Å². The Balaban J connectivity index is 1.97. The third-order valence-electron chi connectivity index (χ3n) is 4.07. The van der Waals surface area contributed by atoms with Crippen LogP contribution in [0.2, 0.25) is 0 Å². The van der Waals surface area contributed by atoms with E-state index in [1.54, 1.807) is 0 Å². The first-order valence-electron chi connectivity index (χ1n) is 7.74.